The number of nitrogen functional groups attached to an aromatic ring is 2. The number of nitriles is 1. The third-order valence-electron chi connectivity index (χ3n) is 14.9. The largest absolute Gasteiger partial charge is 0.368 e. The van der Waals surface area contributed by atoms with Crippen molar-refractivity contribution in [1.29, 1.82) is 5.26 Å². The minimum atomic E-state index is 0.296. The van der Waals surface area contributed by atoms with E-state index in [9.17, 15) is 0 Å². The molecule has 3 aromatic heterocycles. The summed E-state index contributed by atoms with van der Waals surface area (Å²) in [4.78, 5) is 21.2. The molecule has 0 atom stereocenters. The first-order chi connectivity index (χ1) is 32.9. The Kier molecular flexibility index (Phi) is 13.7. The van der Waals surface area contributed by atoms with Gasteiger partial charge in [-0.05, 0) is 174 Å². The minimum absolute atomic E-state index is 0.296. The quantitative estimate of drug-likeness (QED) is 0.0969. The monoisotopic (exact) mass is 900 g/mol. The summed E-state index contributed by atoms with van der Waals surface area (Å²) in [5, 5.41) is 24.5. The number of nitrogens with one attached hydrogen (secondary N) is 2. The summed E-state index contributed by atoms with van der Waals surface area (Å²) in [6.07, 6.45) is 19.1. The van der Waals surface area contributed by atoms with Gasteiger partial charge in [0, 0.05) is 61.9 Å². The fourth-order valence-corrected chi connectivity index (χ4v) is 10.9. The number of piperidine rings is 1. The van der Waals surface area contributed by atoms with Crippen molar-refractivity contribution in [3.63, 3.8) is 0 Å². The van der Waals surface area contributed by atoms with Crippen LogP contribution in [-0.4, -0.2) is 107 Å². The molecule has 0 amide bonds. The van der Waals surface area contributed by atoms with Crippen molar-refractivity contribution < 1.29 is 0 Å². The molecule has 67 heavy (non-hydrogen) atoms. The number of aromatic nitrogens is 7. The van der Waals surface area contributed by atoms with E-state index in [2.05, 4.69) is 105 Å². The van der Waals surface area contributed by atoms with Gasteiger partial charge >= 0.3 is 0 Å². The Morgan fingerprint density at radius 2 is 0.970 bits per heavy atom. The number of likely N-dealkylation sites (tertiary alicyclic amines) is 1. The smallest absolute Gasteiger partial charge is 0.248 e. The van der Waals surface area contributed by atoms with Gasteiger partial charge in [-0.15, -0.1) is 10.2 Å². The van der Waals surface area contributed by atoms with Crippen LogP contribution in [0.5, 0.6) is 0 Å². The van der Waals surface area contributed by atoms with Crippen molar-refractivity contribution in [2.45, 2.75) is 113 Å². The molecule has 0 bridgehead atoms. The fourth-order valence-electron chi connectivity index (χ4n) is 10.9. The van der Waals surface area contributed by atoms with Crippen LogP contribution in [0.3, 0.4) is 0 Å². The van der Waals surface area contributed by atoms with E-state index in [1.54, 1.807) is 23.0 Å². The minimum Gasteiger partial charge on any atom is -0.368 e. The molecule has 3 saturated carbocycles. The molecule has 0 unspecified atom stereocenters. The molecule has 5 fully saturated rings. The molecule has 0 radical (unpaired) electrons. The molecule has 3 aliphatic carbocycles. The van der Waals surface area contributed by atoms with Gasteiger partial charge in [0.2, 0.25) is 23.8 Å². The van der Waals surface area contributed by atoms with E-state index in [0.29, 0.717) is 47.0 Å². The number of nitrogens with two attached hydrogens (primary N) is 2. The Morgan fingerprint density at radius 3 is 1.43 bits per heavy atom. The maximum absolute atomic E-state index is 8.99. The van der Waals surface area contributed by atoms with Gasteiger partial charge in [-0.3, -0.25) is 9.80 Å². The van der Waals surface area contributed by atoms with E-state index < -0.39 is 0 Å². The van der Waals surface area contributed by atoms with Crippen molar-refractivity contribution in [2.75, 3.05) is 61.4 Å². The first-order valence-corrected chi connectivity index (χ1v) is 24.8. The maximum Gasteiger partial charge on any atom is 0.248 e. The predicted molar refractivity (Wildman–Crippen MR) is 265 cm³/mol. The Balaban J connectivity index is 0.000000159. The normalized spacial score (nSPS) is 22.9. The molecule has 15 heteroatoms. The molecular weight excluding hydrogens is 835 g/mol. The van der Waals surface area contributed by atoms with Crippen molar-refractivity contribution in [2.24, 2.45) is 0 Å². The highest BCUT2D eigenvalue weighted by Crippen LogP contribution is 2.38. The van der Waals surface area contributed by atoms with Crippen molar-refractivity contribution in [3.8, 4) is 17.6 Å². The van der Waals surface area contributed by atoms with Gasteiger partial charge in [-0.2, -0.15) is 24.6 Å². The van der Waals surface area contributed by atoms with E-state index in [4.69, 9.17) is 16.7 Å². The summed E-state index contributed by atoms with van der Waals surface area (Å²) in [5.41, 5.74) is 18.2. The number of benzene rings is 3. The molecule has 5 aliphatic rings. The summed E-state index contributed by atoms with van der Waals surface area (Å²) >= 11 is 0. The lowest BCUT2D eigenvalue weighted by molar-refractivity contribution is 0.0724. The highest BCUT2D eigenvalue weighted by Gasteiger charge is 2.34. The van der Waals surface area contributed by atoms with Gasteiger partial charge in [0.15, 0.2) is 5.82 Å². The zero-order chi connectivity index (χ0) is 45.5. The molecule has 3 aromatic carbocycles. The first kappa shape index (κ1) is 44.5. The summed E-state index contributed by atoms with van der Waals surface area (Å²) in [6, 6.07) is 34.7. The second kappa shape index (κ2) is 20.7. The van der Waals surface area contributed by atoms with Crippen LogP contribution in [0.4, 0.5) is 35.2 Å². The second-order valence-electron chi connectivity index (χ2n) is 19.2. The lowest BCUT2D eigenvalue weighted by Gasteiger charge is -2.42. The van der Waals surface area contributed by atoms with Crippen LogP contribution in [0, 0.1) is 11.3 Å². The Bertz CT molecular complexity index is 2530. The molecule has 6 aromatic rings. The Labute approximate surface area is 394 Å². The van der Waals surface area contributed by atoms with Crippen LogP contribution < -0.4 is 22.1 Å². The van der Waals surface area contributed by atoms with Gasteiger partial charge in [0.05, 0.1) is 17.3 Å². The van der Waals surface area contributed by atoms with E-state index in [-0.39, 0.29) is 0 Å². The molecule has 15 nitrogen and oxygen atoms in total. The predicted octanol–water partition coefficient (Wildman–Crippen LogP) is 8.77. The zero-order valence-corrected chi connectivity index (χ0v) is 38.6. The average Bonchev–Trinajstić information content (AvgIpc) is 4.09. The third kappa shape index (κ3) is 10.9. The zero-order valence-electron chi connectivity index (χ0n) is 38.6. The van der Waals surface area contributed by atoms with Crippen LogP contribution in [0.15, 0.2) is 97.2 Å². The maximum atomic E-state index is 8.99. The highest BCUT2D eigenvalue weighted by molar-refractivity contribution is 5.57. The molecule has 2 aliphatic heterocycles. The van der Waals surface area contributed by atoms with E-state index in [1.807, 2.05) is 30.3 Å². The lowest BCUT2D eigenvalue weighted by atomic mass is 9.81. The highest BCUT2D eigenvalue weighted by atomic mass is 15.4. The lowest BCUT2D eigenvalue weighted by Crippen LogP contribution is -2.51. The van der Waals surface area contributed by atoms with Crippen LogP contribution in [0.2, 0.25) is 0 Å². The molecule has 5 heterocycles. The number of piperazine rings is 1. The van der Waals surface area contributed by atoms with Crippen LogP contribution in [-0.2, 0) is 0 Å². The van der Waals surface area contributed by atoms with Crippen LogP contribution in [0.25, 0.3) is 11.5 Å². The molecule has 0 spiro atoms. The van der Waals surface area contributed by atoms with E-state index >= 15 is 0 Å². The third-order valence-corrected chi connectivity index (χ3v) is 14.9. The number of pyridine rings is 1. The van der Waals surface area contributed by atoms with Crippen molar-refractivity contribution >= 4 is 35.2 Å². The summed E-state index contributed by atoms with van der Waals surface area (Å²) < 4.78 is 3.11. The summed E-state index contributed by atoms with van der Waals surface area (Å²) in [7, 11) is 0. The number of hydrogen-bond donors (Lipinski definition) is 4. The summed E-state index contributed by atoms with van der Waals surface area (Å²) in [6.45, 7) is 7.67. The van der Waals surface area contributed by atoms with Gasteiger partial charge in [-0.25, -0.2) is 4.98 Å². The van der Waals surface area contributed by atoms with Crippen molar-refractivity contribution in [1.82, 2.24) is 49.2 Å². The molecule has 11 rings (SSSR count). The molecular formula is C52H65N15. The van der Waals surface area contributed by atoms with Gasteiger partial charge < -0.3 is 27.0 Å². The summed E-state index contributed by atoms with van der Waals surface area (Å²) in [5.74, 6) is 3.49. The Hall–Kier alpha value is -6.34. The van der Waals surface area contributed by atoms with Gasteiger partial charge in [0.25, 0.3) is 0 Å². The fraction of sp³-hybridized carbons (Fsp3) is 0.462. The number of rotatable bonds is 11. The number of anilines is 6. The van der Waals surface area contributed by atoms with Crippen LogP contribution in [0.1, 0.15) is 112 Å². The SMILES string of the molecule is N#Cc1ccc(-n2nc(Nc3ccc(C4CCC(N5CCN(C6CC6)CC5)CC4)cc3)nc2N)cc1.Nc1nc(Nc2ccc(C3CCC(N4CCCCC4)CC3)cc2)nn1-c1ccccn1. The molecule has 348 valence electrons. The van der Waals surface area contributed by atoms with Crippen LogP contribution >= 0.6 is 0 Å². The second-order valence-corrected chi connectivity index (χ2v) is 19.2. The number of nitrogens with zero attached hydrogens (tertiary/aromatic N) is 11. The van der Waals surface area contributed by atoms with E-state index in [1.165, 1.54) is 139 Å². The average molecular weight is 900 g/mol. The molecule has 6 N–H and O–H groups in total. The van der Waals surface area contributed by atoms with Gasteiger partial charge in [-0.1, -0.05) is 36.8 Å². The molecule has 2 saturated heterocycles. The van der Waals surface area contributed by atoms with Crippen molar-refractivity contribution in [3.05, 3.63) is 114 Å². The number of hydrogen-bond acceptors (Lipinski definition) is 13. The topological polar surface area (TPSA) is 184 Å². The van der Waals surface area contributed by atoms with E-state index in [0.717, 1.165) is 35.2 Å². The standard InChI is InChI=1S/C28H34N8.C24H31N7/c29-19-20-1-9-26(10-2-20)36-27(30)32-28(33-36)31-23-7-3-21(4-8-23)22-5-11-24(12-6-22)34-15-17-35(18-16-34)25-13-14-25;25-23-28-24(29-31(23)22-6-2-3-15-26-22)27-20-11-7-18(8-12-20)19-9-13-21(14-10-19)30-16-4-1-5-17-30/h1-4,7-10,22,24-25H,5-6,11-18H2,(H3,30,31,32,33);2-3,6-8,11-12,15,19,21H,1,4-5,9-10,13-14,16-17H2,(H3,25,27,28,29). The first-order valence-electron chi connectivity index (χ1n) is 24.8. The van der Waals surface area contributed by atoms with Gasteiger partial charge in [0.1, 0.15) is 0 Å². The Morgan fingerprint density at radius 1 is 0.507 bits per heavy atom.